The number of carbonyl (C=O) groups is 1. The highest BCUT2D eigenvalue weighted by atomic mass is 19.1. The van der Waals surface area contributed by atoms with E-state index in [2.05, 4.69) is 10.2 Å². The zero-order valence-electron chi connectivity index (χ0n) is 14.5. The number of nitrogens with one attached hydrogen (secondary N) is 1. The Morgan fingerprint density at radius 3 is 2.68 bits per heavy atom. The maximum atomic E-state index is 14.0. The number of hydrogen-bond acceptors (Lipinski definition) is 5. The maximum Gasteiger partial charge on any atom is 0.164 e. The number of morpholine rings is 1. The molecule has 0 radical (unpaired) electrons. The van der Waals surface area contributed by atoms with Crippen molar-refractivity contribution in [2.24, 2.45) is 0 Å². The fourth-order valence-electron chi connectivity index (χ4n) is 3.17. The number of rotatable bonds is 6. The second-order valence-corrected chi connectivity index (χ2v) is 6.21. The van der Waals surface area contributed by atoms with E-state index in [9.17, 15) is 9.18 Å². The molecule has 134 valence electrons. The van der Waals surface area contributed by atoms with Crippen molar-refractivity contribution in [3.63, 3.8) is 0 Å². The Bertz CT molecular complexity index is 738. The van der Waals surface area contributed by atoms with Gasteiger partial charge in [0.2, 0.25) is 0 Å². The molecule has 1 saturated heterocycles. The van der Waals surface area contributed by atoms with Gasteiger partial charge in [-0.1, -0.05) is 6.07 Å². The third-order valence-corrected chi connectivity index (χ3v) is 4.43. The van der Waals surface area contributed by atoms with Gasteiger partial charge in [-0.2, -0.15) is 0 Å². The van der Waals surface area contributed by atoms with E-state index in [4.69, 9.17) is 9.15 Å². The summed E-state index contributed by atoms with van der Waals surface area (Å²) in [7, 11) is 0. The normalized spacial score (nSPS) is 16.6. The van der Waals surface area contributed by atoms with Gasteiger partial charge in [-0.15, -0.1) is 0 Å². The van der Waals surface area contributed by atoms with E-state index in [-0.39, 0.29) is 17.4 Å². The Morgan fingerprint density at radius 2 is 2.04 bits per heavy atom. The molecule has 0 bridgehead atoms. The minimum Gasteiger partial charge on any atom is -0.465 e. The van der Waals surface area contributed by atoms with E-state index in [1.54, 1.807) is 12.1 Å². The molecular weight excluding hydrogens is 323 g/mol. The van der Waals surface area contributed by atoms with Crippen molar-refractivity contribution in [1.29, 1.82) is 0 Å². The van der Waals surface area contributed by atoms with Gasteiger partial charge >= 0.3 is 0 Å². The predicted molar refractivity (Wildman–Crippen MR) is 93.5 cm³/mol. The molecule has 0 aliphatic carbocycles. The van der Waals surface area contributed by atoms with E-state index in [1.165, 1.54) is 13.0 Å². The first-order valence-corrected chi connectivity index (χ1v) is 8.47. The third-order valence-electron chi connectivity index (χ3n) is 4.43. The average molecular weight is 346 g/mol. The van der Waals surface area contributed by atoms with Gasteiger partial charge < -0.3 is 14.5 Å². The van der Waals surface area contributed by atoms with Crippen LogP contribution >= 0.6 is 0 Å². The van der Waals surface area contributed by atoms with Crippen LogP contribution in [0.15, 0.2) is 34.7 Å². The summed E-state index contributed by atoms with van der Waals surface area (Å²) < 4.78 is 25.3. The van der Waals surface area contributed by atoms with Gasteiger partial charge in [-0.25, -0.2) is 4.39 Å². The summed E-state index contributed by atoms with van der Waals surface area (Å²) in [4.78, 5) is 14.1. The quantitative estimate of drug-likeness (QED) is 0.813. The lowest BCUT2D eigenvalue weighted by Gasteiger charge is -2.33. The molecule has 1 aromatic heterocycles. The maximum absolute atomic E-state index is 14.0. The van der Waals surface area contributed by atoms with Crippen molar-refractivity contribution in [2.45, 2.75) is 19.9 Å². The monoisotopic (exact) mass is 346 g/mol. The number of anilines is 1. The predicted octanol–water partition coefficient (Wildman–Crippen LogP) is 3.42. The van der Waals surface area contributed by atoms with Crippen LogP contribution in [0.3, 0.4) is 0 Å². The number of nitrogens with zero attached hydrogens (tertiary/aromatic N) is 1. The lowest BCUT2D eigenvalue weighted by molar-refractivity contribution is 0.0143. The van der Waals surface area contributed by atoms with Gasteiger partial charge in [0.25, 0.3) is 0 Å². The van der Waals surface area contributed by atoms with E-state index in [0.717, 1.165) is 24.6 Å². The molecule has 2 heterocycles. The molecule has 1 aliphatic rings. The van der Waals surface area contributed by atoms with E-state index in [1.807, 2.05) is 19.1 Å². The molecule has 0 spiro atoms. The fraction of sp³-hybridized carbons (Fsp3) is 0.421. The summed E-state index contributed by atoms with van der Waals surface area (Å²) in [6, 6.07) is 8.52. The number of ketones is 1. The van der Waals surface area contributed by atoms with Crippen molar-refractivity contribution in [3.05, 3.63) is 53.2 Å². The number of carbonyl (C=O) groups excluding carboxylic acids is 1. The van der Waals surface area contributed by atoms with Gasteiger partial charge in [0.05, 0.1) is 24.8 Å². The summed E-state index contributed by atoms with van der Waals surface area (Å²) >= 11 is 0. The van der Waals surface area contributed by atoms with Gasteiger partial charge in [0, 0.05) is 25.3 Å². The summed E-state index contributed by atoms with van der Waals surface area (Å²) in [5, 5.41) is 3.24. The second kappa shape index (κ2) is 7.80. The van der Waals surface area contributed by atoms with Crippen molar-refractivity contribution in [3.8, 4) is 0 Å². The van der Waals surface area contributed by atoms with E-state index in [0.29, 0.717) is 25.4 Å². The Kier molecular flexibility index (Phi) is 5.50. The number of hydrogen-bond donors (Lipinski definition) is 1. The number of halogens is 1. The molecule has 25 heavy (non-hydrogen) atoms. The zero-order chi connectivity index (χ0) is 17.8. The number of ether oxygens (including phenoxy) is 1. The molecule has 6 heteroatoms. The average Bonchev–Trinajstić information content (AvgIpc) is 3.02. The largest absolute Gasteiger partial charge is 0.465 e. The molecular formula is C19H23FN2O3. The Balaban J connectivity index is 1.81. The van der Waals surface area contributed by atoms with Crippen LogP contribution < -0.4 is 5.32 Å². The molecule has 1 aromatic carbocycles. The van der Waals surface area contributed by atoms with Crippen LogP contribution in [0.2, 0.25) is 0 Å². The smallest absolute Gasteiger partial charge is 0.164 e. The fourth-order valence-corrected chi connectivity index (χ4v) is 3.17. The van der Waals surface area contributed by atoms with E-state index >= 15 is 0 Å². The number of Topliss-reactive ketones (excluding diaryl/α,β-unsaturated/α-hetero) is 1. The summed E-state index contributed by atoms with van der Waals surface area (Å²) in [5.41, 5.74) is 0.605. The standard InChI is InChI=1S/C19H23FN2O3/c1-13-6-7-18(25-13)17(22-8-10-24-11-9-22)12-21-16-5-3-4-15(20)19(16)14(2)23/h3-7,17,21H,8-12H2,1-2H3. The van der Waals surface area contributed by atoms with Crippen LogP contribution in [0.4, 0.5) is 10.1 Å². The topological polar surface area (TPSA) is 54.7 Å². The molecule has 1 unspecified atom stereocenters. The van der Waals surface area contributed by atoms with Crippen molar-refractivity contribution >= 4 is 11.5 Å². The molecule has 5 nitrogen and oxygen atoms in total. The minimum atomic E-state index is -0.505. The van der Waals surface area contributed by atoms with Crippen LogP contribution in [-0.2, 0) is 4.74 Å². The summed E-state index contributed by atoms with van der Waals surface area (Å²) in [6.45, 7) is 6.75. The highest BCUT2D eigenvalue weighted by molar-refractivity contribution is 5.99. The van der Waals surface area contributed by atoms with E-state index < -0.39 is 5.82 Å². The minimum absolute atomic E-state index is 0.0133. The van der Waals surface area contributed by atoms with Crippen LogP contribution in [0.25, 0.3) is 0 Å². The lowest BCUT2D eigenvalue weighted by Crippen LogP contribution is -2.41. The highest BCUT2D eigenvalue weighted by Crippen LogP contribution is 2.26. The molecule has 0 amide bonds. The van der Waals surface area contributed by atoms with Crippen molar-refractivity contribution < 1.29 is 18.3 Å². The molecule has 2 aromatic rings. The van der Waals surface area contributed by atoms with Crippen LogP contribution in [0, 0.1) is 12.7 Å². The van der Waals surface area contributed by atoms with Gasteiger partial charge in [0.15, 0.2) is 5.78 Å². The van der Waals surface area contributed by atoms with Crippen molar-refractivity contribution in [1.82, 2.24) is 4.90 Å². The van der Waals surface area contributed by atoms with Gasteiger partial charge in [-0.3, -0.25) is 9.69 Å². The first kappa shape index (κ1) is 17.6. The first-order chi connectivity index (χ1) is 12.1. The Morgan fingerprint density at radius 1 is 1.28 bits per heavy atom. The number of aryl methyl sites for hydroxylation is 1. The van der Waals surface area contributed by atoms with Crippen LogP contribution in [-0.4, -0.2) is 43.5 Å². The molecule has 1 atom stereocenters. The highest BCUT2D eigenvalue weighted by Gasteiger charge is 2.25. The molecule has 1 N–H and O–H groups in total. The molecule has 1 fully saturated rings. The number of furan rings is 1. The van der Waals surface area contributed by atoms with Crippen molar-refractivity contribution in [2.75, 3.05) is 38.2 Å². The number of benzene rings is 1. The third kappa shape index (κ3) is 4.08. The van der Waals surface area contributed by atoms with Gasteiger partial charge in [0.1, 0.15) is 17.3 Å². The summed E-state index contributed by atoms with van der Waals surface area (Å²) in [5.74, 6) is 0.905. The molecule has 0 saturated carbocycles. The van der Waals surface area contributed by atoms with Gasteiger partial charge in [-0.05, 0) is 38.1 Å². The first-order valence-electron chi connectivity index (χ1n) is 8.47. The molecule has 3 rings (SSSR count). The summed E-state index contributed by atoms with van der Waals surface area (Å²) in [6.07, 6.45) is 0. The lowest BCUT2D eigenvalue weighted by atomic mass is 10.1. The molecule has 1 aliphatic heterocycles. The van der Waals surface area contributed by atoms with Crippen LogP contribution in [0.1, 0.15) is 34.8 Å². The zero-order valence-corrected chi connectivity index (χ0v) is 14.5. The van der Waals surface area contributed by atoms with Crippen LogP contribution in [0.5, 0.6) is 0 Å². The Hall–Kier alpha value is -2.18. The Labute approximate surface area is 146 Å². The second-order valence-electron chi connectivity index (χ2n) is 6.21. The SMILES string of the molecule is CC(=O)c1c(F)cccc1NCC(c1ccc(C)o1)N1CCOCC1.